The van der Waals surface area contributed by atoms with E-state index in [4.69, 9.17) is 20.8 Å². The first-order chi connectivity index (χ1) is 7.63. The second-order valence-electron chi connectivity index (χ2n) is 3.54. The molecule has 1 atom stereocenters. The highest BCUT2D eigenvalue weighted by atomic mass is 35.5. The van der Waals surface area contributed by atoms with Crippen molar-refractivity contribution in [1.82, 2.24) is 5.32 Å². The van der Waals surface area contributed by atoms with Gasteiger partial charge in [0, 0.05) is 13.7 Å². The molecule has 1 heterocycles. The minimum Gasteiger partial charge on any atom is -0.469 e. The third-order valence-corrected chi connectivity index (χ3v) is 2.43. The Bertz CT molecular complexity index is 338. The molecule has 16 heavy (non-hydrogen) atoms. The van der Waals surface area contributed by atoms with Crippen LogP contribution in [-0.4, -0.2) is 31.5 Å². The molecule has 90 valence electrons. The lowest BCUT2D eigenvalue weighted by molar-refractivity contribution is 0.0951. The molecule has 0 aliphatic carbocycles. The Labute approximate surface area is 99.9 Å². The van der Waals surface area contributed by atoms with Gasteiger partial charge in [0.25, 0.3) is 5.91 Å². The number of hydrogen-bond donors (Lipinski definition) is 1. The topological polar surface area (TPSA) is 51.5 Å². The maximum atomic E-state index is 11.6. The molecule has 0 fully saturated rings. The number of halogens is 1. The van der Waals surface area contributed by atoms with Gasteiger partial charge in [-0.05, 0) is 19.4 Å². The van der Waals surface area contributed by atoms with Crippen LogP contribution in [0.15, 0.2) is 16.7 Å². The monoisotopic (exact) mass is 245 g/mol. The summed E-state index contributed by atoms with van der Waals surface area (Å²) in [6.45, 7) is 2.81. The first-order valence-corrected chi connectivity index (χ1v) is 5.53. The van der Waals surface area contributed by atoms with Crippen molar-refractivity contribution in [3.8, 4) is 0 Å². The minimum atomic E-state index is -0.141. The standard InChI is InChI=1S/C11H16ClNO3/c1-8-5-9(6-16-8)11(14)13-4-3-10(12)7-15-2/h5-6,10H,3-4,7H2,1-2H3,(H,13,14). The van der Waals surface area contributed by atoms with Gasteiger partial charge in [-0.15, -0.1) is 11.6 Å². The van der Waals surface area contributed by atoms with Crippen LogP contribution in [0.4, 0.5) is 0 Å². The number of aryl methyl sites for hydroxylation is 1. The van der Waals surface area contributed by atoms with Gasteiger partial charge >= 0.3 is 0 Å². The molecule has 1 aromatic rings. The Kier molecular flexibility index (Phi) is 5.35. The number of furan rings is 1. The largest absolute Gasteiger partial charge is 0.469 e. The Hall–Kier alpha value is -1.00. The predicted octanol–water partition coefficient (Wildman–Crippen LogP) is 1.96. The van der Waals surface area contributed by atoms with Gasteiger partial charge in [0.1, 0.15) is 12.0 Å². The summed E-state index contributed by atoms with van der Waals surface area (Å²) in [7, 11) is 1.60. The van der Waals surface area contributed by atoms with Crippen LogP contribution in [0.2, 0.25) is 0 Å². The number of carbonyl (C=O) groups is 1. The second-order valence-corrected chi connectivity index (χ2v) is 4.16. The molecule has 0 radical (unpaired) electrons. The van der Waals surface area contributed by atoms with Crippen LogP contribution < -0.4 is 5.32 Å². The van der Waals surface area contributed by atoms with Crippen molar-refractivity contribution < 1.29 is 13.9 Å². The van der Waals surface area contributed by atoms with Gasteiger partial charge in [0.15, 0.2) is 0 Å². The van der Waals surface area contributed by atoms with E-state index < -0.39 is 0 Å². The third-order valence-electron chi connectivity index (χ3n) is 2.08. The smallest absolute Gasteiger partial charge is 0.254 e. The Morgan fingerprint density at radius 2 is 2.44 bits per heavy atom. The summed E-state index contributed by atoms with van der Waals surface area (Å²) < 4.78 is 9.93. The molecule has 1 amide bonds. The average Bonchev–Trinajstić information content (AvgIpc) is 2.65. The maximum Gasteiger partial charge on any atom is 0.254 e. The van der Waals surface area contributed by atoms with E-state index in [2.05, 4.69) is 5.32 Å². The van der Waals surface area contributed by atoms with Crippen molar-refractivity contribution in [3.63, 3.8) is 0 Å². The molecular formula is C11H16ClNO3. The van der Waals surface area contributed by atoms with Crippen LogP contribution in [0, 0.1) is 6.92 Å². The minimum absolute atomic E-state index is 0.0728. The first-order valence-electron chi connectivity index (χ1n) is 5.10. The average molecular weight is 246 g/mol. The molecule has 1 N–H and O–H groups in total. The number of rotatable bonds is 6. The molecule has 1 rings (SSSR count). The third kappa shape index (κ3) is 4.24. The zero-order valence-corrected chi connectivity index (χ0v) is 10.2. The van der Waals surface area contributed by atoms with Crippen molar-refractivity contribution in [2.45, 2.75) is 18.7 Å². The lowest BCUT2D eigenvalue weighted by Gasteiger charge is -2.08. The lowest BCUT2D eigenvalue weighted by Crippen LogP contribution is -2.26. The fraction of sp³-hybridized carbons (Fsp3) is 0.545. The van der Waals surface area contributed by atoms with Gasteiger partial charge in [-0.3, -0.25) is 4.79 Å². The summed E-state index contributed by atoms with van der Waals surface area (Å²) in [5.74, 6) is 0.581. The van der Waals surface area contributed by atoms with Crippen molar-refractivity contribution in [3.05, 3.63) is 23.7 Å². The molecule has 0 saturated heterocycles. The van der Waals surface area contributed by atoms with E-state index in [0.717, 1.165) is 5.76 Å². The van der Waals surface area contributed by atoms with Gasteiger partial charge in [-0.2, -0.15) is 0 Å². The van der Waals surface area contributed by atoms with E-state index in [1.54, 1.807) is 20.1 Å². The second kappa shape index (κ2) is 6.55. The Balaban J connectivity index is 2.25. The summed E-state index contributed by atoms with van der Waals surface area (Å²) >= 11 is 5.92. The van der Waals surface area contributed by atoms with E-state index >= 15 is 0 Å². The summed E-state index contributed by atoms with van der Waals surface area (Å²) in [6, 6.07) is 1.70. The molecule has 0 aliphatic rings. The zero-order valence-electron chi connectivity index (χ0n) is 9.46. The molecule has 0 aliphatic heterocycles. The van der Waals surface area contributed by atoms with E-state index in [1.807, 2.05) is 0 Å². The van der Waals surface area contributed by atoms with Gasteiger partial charge in [-0.1, -0.05) is 0 Å². The number of methoxy groups -OCH3 is 1. The van der Waals surface area contributed by atoms with Crippen LogP contribution in [0.5, 0.6) is 0 Å². The molecular weight excluding hydrogens is 230 g/mol. The number of hydrogen-bond acceptors (Lipinski definition) is 3. The maximum absolute atomic E-state index is 11.6. The first kappa shape index (κ1) is 13.1. The van der Waals surface area contributed by atoms with Crippen LogP contribution in [0.3, 0.4) is 0 Å². The van der Waals surface area contributed by atoms with E-state index in [1.165, 1.54) is 6.26 Å². The molecule has 0 aromatic carbocycles. The summed E-state index contributed by atoms with van der Waals surface area (Å²) in [6.07, 6.45) is 2.12. The Morgan fingerprint density at radius 1 is 1.69 bits per heavy atom. The summed E-state index contributed by atoms with van der Waals surface area (Å²) in [5.41, 5.74) is 0.537. The molecule has 4 nitrogen and oxygen atoms in total. The SMILES string of the molecule is COCC(Cl)CCNC(=O)c1coc(C)c1. The number of nitrogens with one attached hydrogen (secondary N) is 1. The number of carbonyl (C=O) groups excluding carboxylic acids is 1. The van der Waals surface area contributed by atoms with Crippen LogP contribution in [0.1, 0.15) is 22.5 Å². The van der Waals surface area contributed by atoms with Crippen LogP contribution >= 0.6 is 11.6 Å². The summed E-state index contributed by atoms with van der Waals surface area (Å²) in [4.78, 5) is 11.6. The fourth-order valence-electron chi connectivity index (χ4n) is 1.27. The van der Waals surface area contributed by atoms with Gasteiger partial charge in [0.2, 0.25) is 0 Å². The highest BCUT2D eigenvalue weighted by Crippen LogP contribution is 2.06. The number of ether oxygens (including phenoxy) is 1. The Morgan fingerprint density at radius 3 is 3.00 bits per heavy atom. The fourth-order valence-corrected chi connectivity index (χ4v) is 1.51. The van der Waals surface area contributed by atoms with Crippen molar-refractivity contribution in [2.24, 2.45) is 0 Å². The molecule has 0 bridgehead atoms. The lowest BCUT2D eigenvalue weighted by atomic mass is 10.2. The van der Waals surface area contributed by atoms with E-state index in [-0.39, 0.29) is 11.3 Å². The molecule has 0 saturated carbocycles. The van der Waals surface area contributed by atoms with E-state index in [0.29, 0.717) is 25.1 Å². The quantitative estimate of drug-likeness (QED) is 0.780. The predicted molar refractivity (Wildman–Crippen MR) is 61.9 cm³/mol. The van der Waals surface area contributed by atoms with Crippen molar-refractivity contribution >= 4 is 17.5 Å². The molecule has 1 unspecified atom stereocenters. The molecule has 1 aromatic heterocycles. The van der Waals surface area contributed by atoms with Crippen molar-refractivity contribution in [2.75, 3.05) is 20.3 Å². The van der Waals surface area contributed by atoms with Crippen LogP contribution in [0.25, 0.3) is 0 Å². The number of amides is 1. The molecule has 0 spiro atoms. The summed E-state index contributed by atoms with van der Waals surface area (Å²) in [5, 5.41) is 2.69. The zero-order chi connectivity index (χ0) is 12.0. The molecule has 5 heteroatoms. The van der Waals surface area contributed by atoms with Gasteiger partial charge in [-0.25, -0.2) is 0 Å². The van der Waals surface area contributed by atoms with Crippen molar-refractivity contribution in [1.29, 1.82) is 0 Å². The normalized spacial score (nSPS) is 12.4. The van der Waals surface area contributed by atoms with E-state index in [9.17, 15) is 4.79 Å². The van der Waals surface area contributed by atoms with Gasteiger partial charge in [0.05, 0.1) is 17.5 Å². The van der Waals surface area contributed by atoms with Crippen LogP contribution in [-0.2, 0) is 4.74 Å². The van der Waals surface area contributed by atoms with Gasteiger partial charge < -0.3 is 14.5 Å². The highest BCUT2D eigenvalue weighted by molar-refractivity contribution is 6.20. The number of alkyl halides is 1. The highest BCUT2D eigenvalue weighted by Gasteiger charge is 2.09.